The van der Waals surface area contributed by atoms with Crippen LogP contribution < -0.4 is 4.74 Å². The summed E-state index contributed by atoms with van der Waals surface area (Å²) in [6.45, 7) is 0. The summed E-state index contributed by atoms with van der Waals surface area (Å²) in [6, 6.07) is 1.89. The first kappa shape index (κ1) is 15.2. The molecule has 3 rings (SSSR count). The van der Waals surface area contributed by atoms with E-state index in [0.717, 1.165) is 24.8 Å². The number of carbonyl (C=O) groups excluding carboxylic acids is 1. The highest BCUT2D eigenvalue weighted by Crippen LogP contribution is 2.43. The van der Waals surface area contributed by atoms with Crippen molar-refractivity contribution in [3.63, 3.8) is 0 Å². The summed E-state index contributed by atoms with van der Waals surface area (Å²) >= 11 is 12.6. The number of rotatable bonds is 2. The first-order valence-corrected chi connectivity index (χ1v) is 8.48. The fourth-order valence-electron chi connectivity index (χ4n) is 3.90. The number of benzene rings is 1. The Balaban J connectivity index is 2.03. The quantitative estimate of drug-likeness (QED) is 0.687. The number of hydrogen-bond donors (Lipinski definition) is 0. The monoisotopic (exact) mass is 326 g/mol. The Morgan fingerprint density at radius 3 is 2.48 bits per heavy atom. The van der Waals surface area contributed by atoms with Crippen LogP contribution in [0.15, 0.2) is 6.07 Å². The van der Waals surface area contributed by atoms with Gasteiger partial charge in [0.1, 0.15) is 10.8 Å². The van der Waals surface area contributed by atoms with E-state index in [0.29, 0.717) is 27.3 Å². The molecule has 0 amide bonds. The van der Waals surface area contributed by atoms with Gasteiger partial charge in [0.25, 0.3) is 0 Å². The van der Waals surface area contributed by atoms with Gasteiger partial charge in [0, 0.05) is 11.5 Å². The van der Waals surface area contributed by atoms with Crippen molar-refractivity contribution in [2.75, 3.05) is 7.11 Å². The topological polar surface area (TPSA) is 26.3 Å². The maximum atomic E-state index is 13.0. The van der Waals surface area contributed by atoms with Crippen molar-refractivity contribution in [2.24, 2.45) is 11.8 Å². The van der Waals surface area contributed by atoms with E-state index in [9.17, 15) is 4.79 Å². The van der Waals surface area contributed by atoms with E-state index in [-0.39, 0.29) is 11.7 Å². The molecule has 0 aliphatic heterocycles. The zero-order chi connectivity index (χ0) is 15.0. The Morgan fingerprint density at radius 2 is 1.81 bits per heavy atom. The second-order valence-corrected chi connectivity index (χ2v) is 6.90. The Labute approximate surface area is 135 Å². The third-order valence-corrected chi connectivity index (χ3v) is 5.84. The molecule has 0 heterocycles. The molecule has 1 aromatic carbocycles. The Bertz CT molecular complexity index is 562. The van der Waals surface area contributed by atoms with E-state index in [1.165, 1.54) is 25.7 Å². The van der Waals surface area contributed by atoms with Crippen LogP contribution in [0.4, 0.5) is 0 Å². The van der Waals surface area contributed by atoms with Crippen molar-refractivity contribution in [1.82, 2.24) is 0 Å². The van der Waals surface area contributed by atoms with Gasteiger partial charge in [0.15, 0.2) is 5.78 Å². The predicted molar refractivity (Wildman–Crippen MR) is 85.7 cm³/mol. The second-order valence-electron chi connectivity index (χ2n) is 6.15. The molecule has 0 N–H and O–H groups in total. The lowest BCUT2D eigenvalue weighted by Gasteiger charge is -2.21. The molecule has 2 aliphatic carbocycles. The average molecular weight is 327 g/mol. The summed E-state index contributed by atoms with van der Waals surface area (Å²) in [5, 5.41) is 0.735. The van der Waals surface area contributed by atoms with Gasteiger partial charge in [0.05, 0.1) is 12.1 Å². The summed E-state index contributed by atoms with van der Waals surface area (Å²) in [4.78, 5) is 13.0. The highest BCUT2D eigenvalue weighted by atomic mass is 35.5. The predicted octanol–water partition coefficient (Wildman–Crippen LogP) is 5.33. The van der Waals surface area contributed by atoms with Crippen LogP contribution in [-0.2, 0) is 6.42 Å². The van der Waals surface area contributed by atoms with Gasteiger partial charge in [-0.15, -0.1) is 0 Å². The van der Waals surface area contributed by atoms with Crippen LogP contribution >= 0.6 is 23.2 Å². The molecule has 2 nitrogen and oxygen atoms in total. The molecule has 0 saturated heterocycles. The summed E-state index contributed by atoms with van der Waals surface area (Å²) in [7, 11) is 1.57. The third-order valence-electron chi connectivity index (χ3n) is 4.99. The fourth-order valence-corrected chi connectivity index (χ4v) is 4.44. The number of Topliss-reactive ketones (excluding diaryl/α,β-unsaturated/α-hetero) is 1. The zero-order valence-electron chi connectivity index (χ0n) is 12.3. The van der Waals surface area contributed by atoms with E-state index in [4.69, 9.17) is 27.9 Å². The Morgan fingerprint density at radius 1 is 1.10 bits per heavy atom. The van der Waals surface area contributed by atoms with Gasteiger partial charge in [-0.25, -0.2) is 0 Å². The number of methoxy groups -OCH3 is 1. The van der Waals surface area contributed by atoms with Gasteiger partial charge in [-0.05, 0) is 49.7 Å². The van der Waals surface area contributed by atoms with Crippen LogP contribution in [0.25, 0.3) is 0 Å². The molecule has 0 radical (unpaired) electrons. The van der Waals surface area contributed by atoms with E-state index in [1.807, 2.05) is 6.07 Å². The van der Waals surface area contributed by atoms with E-state index >= 15 is 0 Å². The molecule has 0 spiro atoms. The molecule has 114 valence electrons. The highest BCUT2D eigenvalue weighted by molar-refractivity contribution is 6.45. The summed E-state index contributed by atoms with van der Waals surface area (Å²) in [6.07, 6.45) is 7.71. The summed E-state index contributed by atoms with van der Waals surface area (Å²) in [5.74, 6) is 1.41. The van der Waals surface area contributed by atoms with Crippen molar-refractivity contribution in [3.05, 3.63) is 27.2 Å². The van der Waals surface area contributed by atoms with Crippen molar-refractivity contribution < 1.29 is 9.53 Å². The maximum absolute atomic E-state index is 13.0. The lowest BCUT2D eigenvalue weighted by Crippen LogP contribution is -2.22. The second kappa shape index (κ2) is 6.18. The van der Waals surface area contributed by atoms with Crippen LogP contribution in [-0.4, -0.2) is 12.9 Å². The van der Waals surface area contributed by atoms with Gasteiger partial charge >= 0.3 is 0 Å². The Kier molecular flexibility index (Phi) is 4.46. The standard InChI is InChI=1S/C17H20Cl2O2/c1-21-13-9-11-7-4-8-12(10-5-2-3-6-10)17(20)14(11)16(19)15(13)18/h9-10,12H,2-8H2,1H3. The van der Waals surface area contributed by atoms with E-state index < -0.39 is 0 Å². The van der Waals surface area contributed by atoms with Crippen molar-refractivity contribution in [2.45, 2.75) is 44.9 Å². The average Bonchev–Trinajstić information content (AvgIpc) is 2.95. The first-order valence-electron chi connectivity index (χ1n) is 7.72. The minimum Gasteiger partial charge on any atom is -0.495 e. The molecule has 0 aromatic heterocycles. The van der Waals surface area contributed by atoms with Gasteiger partial charge in [-0.3, -0.25) is 4.79 Å². The van der Waals surface area contributed by atoms with Gasteiger partial charge in [-0.2, -0.15) is 0 Å². The number of ketones is 1. The lowest BCUT2D eigenvalue weighted by molar-refractivity contribution is 0.0867. The maximum Gasteiger partial charge on any atom is 0.168 e. The van der Waals surface area contributed by atoms with Gasteiger partial charge in [0.2, 0.25) is 0 Å². The Hall–Kier alpha value is -0.730. The fraction of sp³-hybridized carbons (Fsp3) is 0.588. The van der Waals surface area contributed by atoms with Crippen molar-refractivity contribution in [1.29, 1.82) is 0 Å². The van der Waals surface area contributed by atoms with E-state index in [1.54, 1.807) is 7.11 Å². The minimum absolute atomic E-state index is 0.121. The molecule has 1 unspecified atom stereocenters. The molecule has 1 aromatic rings. The molecular weight excluding hydrogens is 307 g/mol. The SMILES string of the molecule is COc1cc2c(c(Cl)c1Cl)C(=O)C(C1CCCC1)CCC2. The van der Waals surface area contributed by atoms with Crippen LogP contribution in [0.1, 0.15) is 54.4 Å². The number of hydrogen-bond acceptors (Lipinski definition) is 2. The van der Waals surface area contributed by atoms with Gasteiger partial charge in [-0.1, -0.05) is 36.0 Å². The normalized spacial score (nSPS) is 23.0. The zero-order valence-corrected chi connectivity index (χ0v) is 13.8. The molecule has 21 heavy (non-hydrogen) atoms. The third kappa shape index (κ3) is 2.68. The molecule has 4 heteroatoms. The molecule has 1 saturated carbocycles. The highest BCUT2D eigenvalue weighted by Gasteiger charge is 2.35. The van der Waals surface area contributed by atoms with Crippen molar-refractivity contribution >= 4 is 29.0 Å². The molecule has 0 bridgehead atoms. The van der Waals surface area contributed by atoms with Gasteiger partial charge < -0.3 is 4.74 Å². The molecular formula is C17H20Cl2O2. The first-order chi connectivity index (χ1) is 10.1. The van der Waals surface area contributed by atoms with E-state index in [2.05, 4.69) is 0 Å². The number of fused-ring (bicyclic) bond motifs is 1. The summed E-state index contributed by atoms with van der Waals surface area (Å²) < 4.78 is 5.27. The largest absolute Gasteiger partial charge is 0.495 e. The number of aryl methyl sites for hydroxylation is 1. The lowest BCUT2D eigenvalue weighted by atomic mass is 9.83. The van der Waals surface area contributed by atoms with Crippen molar-refractivity contribution in [3.8, 4) is 5.75 Å². The molecule has 1 atom stereocenters. The molecule has 2 aliphatic rings. The van der Waals surface area contributed by atoms with Crippen LogP contribution in [0, 0.1) is 11.8 Å². The minimum atomic E-state index is 0.121. The smallest absolute Gasteiger partial charge is 0.168 e. The number of halogens is 2. The molecule has 1 fully saturated rings. The van der Waals surface area contributed by atoms with Crippen LogP contribution in [0.5, 0.6) is 5.75 Å². The number of ether oxygens (including phenoxy) is 1. The van der Waals surface area contributed by atoms with Crippen LogP contribution in [0.3, 0.4) is 0 Å². The van der Waals surface area contributed by atoms with Crippen LogP contribution in [0.2, 0.25) is 10.0 Å². The number of carbonyl (C=O) groups is 1. The summed E-state index contributed by atoms with van der Waals surface area (Å²) in [5.41, 5.74) is 1.64.